The predicted octanol–water partition coefficient (Wildman–Crippen LogP) is 6.11. The molecule has 1 unspecified atom stereocenters. The Bertz CT molecular complexity index is 1430. The fraction of sp³-hybridized carbons (Fsp3) is 0.179. The number of likely N-dealkylation sites (N-methyl/N-ethyl adjacent to an activating group) is 1. The highest BCUT2D eigenvalue weighted by Crippen LogP contribution is 2.31. The fourth-order valence-corrected chi connectivity index (χ4v) is 3.94. The molecule has 0 bridgehead atoms. The fourth-order valence-electron chi connectivity index (χ4n) is 3.64. The molecule has 0 radical (unpaired) electrons. The third-order valence-corrected chi connectivity index (χ3v) is 6.48. The molecule has 1 N–H and O–H groups in total. The number of halogens is 4. The topological polar surface area (TPSA) is 66.3 Å². The van der Waals surface area contributed by atoms with Crippen LogP contribution in [0, 0.1) is 30.2 Å². The molecular formula is C28H26F4N3O2P. The second-order valence-electron chi connectivity index (χ2n) is 8.07. The van der Waals surface area contributed by atoms with Crippen LogP contribution in [0.3, 0.4) is 0 Å². The van der Waals surface area contributed by atoms with E-state index in [-0.39, 0.29) is 33.7 Å². The van der Waals surface area contributed by atoms with Gasteiger partial charge in [0.15, 0.2) is 23.3 Å². The highest BCUT2D eigenvalue weighted by atomic mass is 31.0. The molecule has 4 rings (SSSR count). The van der Waals surface area contributed by atoms with Crippen LogP contribution in [0.25, 0.3) is 22.5 Å². The van der Waals surface area contributed by atoms with Crippen molar-refractivity contribution in [3.63, 3.8) is 0 Å². The lowest BCUT2D eigenvalue weighted by Gasteiger charge is -2.21. The molecule has 3 aromatic carbocycles. The molecule has 0 aliphatic heterocycles. The molecule has 0 aliphatic carbocycles. The Morgan fingerprint density at radius 3 is 2.11 bits per heavy atom. The van der Waals surface area contributed by atoms with E-state index in [1.165, 1.54) is 56.6 Å². The number of aromatic hydroxyl groups is 1. The molecule has 38 heavy (non-hydrogen) atoms. The van der Waals surface area contributed by atoms with Crippen molar-refractivity contribution >= 4 is 26.3 Å². The first kappa shape index (κ1) is 28.7. The standard InChI is InChI=1S/C26H20F4N3O2P.C2H6/c1-13-18(21(28)22(29)23(30)25(13)36)11-20(35)33(2)26-24(15-5-9-17(34)10-6-15)32-19(12-31-26)14-3-7-16(27)8-4-14;1-2/h3-10,12,34H,11,36H2,1-2H3;1-2H3. The smallest absolute Gasteiger partial charge is 0.232 e. The third kappa shape index (κ3) is 5.83. The molecule has 4 aromatic rings. The zero-order valence-corrected chi connectivity index (χ0v) is 22.3. The van der Waals surface area contributed by atoms with Crippen LogP contribution in [-0.2, 0) is 11.2 Å². The second-order valence-corrected chi connectivity index (χ2v) is 8.65. The number of rotatable bonds is 5. The van der Waals surface area contributed by atoms with Crippen LogP contribution in [0.15, 0.2) is 54.7 Å². The Balaban J connectivity index is 0.00000195. The zero-order chi connectivity index (χ0) is 28.1. The van der Waals surface area contributed by atoms with Gasteiger partial charge in [-0.25, -0.2) is 27.5 Å². The Morgan fingerprint density at radius 1 is 0.921 bits per heavy atom. The molecule has 10 heteroatoms. The van der Waals surface area contributed by atoms with Gasteiger partial charge < -0.3 is 5.11 Å². The van der Waals surface area contributed by atoms with Crippen LogP contribution in [0.2, 0.25) is 0 Å². The van der Waals surface area contributed by atoms with Gasteiger partial charge in [0.1, 0.15) is 17.3 Å². The van der Waals surface area contributed by atoms with Gasteiger partial charge >= 0.3 is 0 Å². The summed E-state index contributed by atoms with van der Waals surface area (Å²) in [6.45, 7) is 5.40. The second kappa shape index (κ2) is 12.1. The summed E-state index contributed by atoms with van der Waals surface area (Å²) in [6.07, 6.45) is 0.851. The third-order valence-electron chi connectivity index (χ3n) is 5.80. The van der Waals surface area contributed by atoms with Gasteiger partial charge in [-0.1, -0.05) is 13.8 Å². The molecule has 0 aliphatic rings. The van der Waals surface area contributed by atoms with Gasteiger partial charge in [-0.3, -0.25) is 9.69 Å². The van der Waals surface area contributed by atoms with E-state index in [0.29, 0.717) is 16.8 Å². The number of phenolic OH excluding ortho intramolecular Hbond substituents is 1. The minimum atomic E-state index is -1.65. The average molecular weight is 544 g/mol. The highest BCUT2D eigenvalue weighted by molar-refractivity contribution is 7.27. The largest absolute Gasteiger partial charge is 0.508 e. The Labute approximate surface area is 220 Å². The lowest BCUT2D eigenvalue weighted by Crippen LogP contribution is -2.31. The van der Waals surface area contributed by atoms with Crippen LogP contribution >= 0.6 is 9.24 Å². The van der Waals surface area contributed by atoms with Crippen LogP contribution in [0.5, 0.6) is 5.75 Å². The number of carbonyl (C=O) groups excluding carboxylic acids is 1. The summed E-state index contributed by atoms with van der Waals surface area (Å²) < 4.78 is 55.8. The lowest BCUT2D eigenvalue weighted by atomic mass is 10.0. The van der Waals surface area contributed by atoms with Gasteiger partial charge in [-0.05, 0) is 61.0 Å². The molecular weight excluding hydrogens is 517 g/mol. The van der Waals surface area contributed by atoms with E-state index in [1.807, 2.05) is 23.1 Å². The van der Waals surface area contributed by atoms with Crippen molar-refractivity contribution in [3.05, 3.63) is 89.1 Å². The van der Waals surface area contributed by atoms with E-state index in [1.54, 1.807) is 12.1 Å². The van der Waals surface area contributed by atoms with E-state index in [9.17, 15) is 27.5 Å². The first-order valence-electron chi connectivity index (χ1n) is 11.7. The van der Waals surface area contributed by atoms with E-state index >= 15 is 0 Å². The molecule has 1 atom stereocenters. The van der Waals surface area contributed by atoms with Crippen molar-refractivity contribution in [1.29, 1.82) is 0 Å². The molecule has 5 nitrogen and oxygen atoms in total. The highest BCUT2D eigenvalue weighted by Gasteiger charge is 2.25. The SMILES string of the molecule is CC.Cc1c(P)c(F)c(F)c(F)c1CC(=O)N(C)c1ncc(-c2ccc(F)cc2)nc1-c1ccc(O)cc1. The lowest BCUT2D eigenvalue weighted by molar-refractivity contribution is -0.117. The first-order valence-corrected chi connectivity index (χ1v) is 12.3. The van der Waals surface area contributed by atoms with Gasteiger partial charge in [-0.2, -0.15) is 0 Å². The maximum absolute atomic E-state index is 14.5. The zero-order valence-electron chi connectivity index (χ0n) is 21.2. The number of anilines is 1. The number of phenols is 1. The number of aromatic nitrogens is 2. The summed E-state index contributed by atoms with van der Waals surface area (Å²) in [5.41, 5.74) is 1.60. The summed E-state index contributed by atoms with van der Waals surface area (Å²) in [7, 11) is 3.42. The van der Waals surface area contributed by atoms with Crippen LogP contribution in [-0.4, -0.2) is 28.0 Å². The maximum Gasteiger partial charge on any atom is 0.232 e. The van der Waals surface area contributed by atoms with Crippen molar-refractivity contribution < 1.29 is 27.5 Å². The summed E-state index contributed by atoms with van der Waals surface area (Å²) in [5.74, 6) is -5.32. The minimum absolute atomic E-state index is 0.0184. The Kier molecular flexibility index (Phi) is 9.17. The van der Waals surface area contributed by atoms with Crippen molar-refractivity contribution in [2.24, 2.45) is 0 Å². The first-order chi connectivity index (χ1) is 18.1. The Hall–Kier alpha value is -3.84. The minimum Gasteiger partial charge on any atom is -0.508 e. The van der Waals surface area contributed by atoms with Crippen molar-refractivity contribution in [1.82, 2.24) is 9.97 Å². The summed E-state index contributed by atoms with van der Waals surface area (Å²) in [5, 5.41) is 9.52. The summed E-state index contributed by atoms with van der Waals surface area (Å²) in [4.78, 5) is 23.3. The van der Waals surface area contributed by atoms with Gasteiger partial charge in [0.25, 0.3) is 0 Å². The van der Waals surface area contributed by atoms with Crippen molar-refractivity contribution in [3.8, 4) is 28.3 Å². The van der Waals surface area contributed by atoms with E-state index in [0.717, 1.165) is 4.90 Å². The average Bonchev–Trinajstić information content (AvgIpc) is 2.94. The maximum atomic E-state index is 14.5. The molecule has 198 valence electrons. The predicted molar refractivity (Wildman–Crippen MR) is 143 cm³/mol. The monoisotopic (exact) mass is 543 g/mol. The van der Waals surface area contributed by atoms with Crippen LogP contribution < -0.4 is 10.2 Å². The number of hydrogen-bond donors (Lipinski definition) is 1. The van der Waals surface area contributed by atoms with Crippen LogP contribution in [0.4, 0.5) is 23.4 Å². The van der Waals surface area contributed by atoms with Gasteiger partial charge in [0.2, 0.25) is 5.91 Å². The number of carbonyl (C=O) groups is 1. The van der Waals surface area contributed by atoms with E-state index < -0.39 is 35.6 Å². The number of benzene rings is 3. The quantitative estimate of drug-likeness (QED) is 0.187. The molecule has 0 spiro atoms. The van der Waals surface area contributed by atoms with E-state index in [2.05, 4.69) is 9.97 Å². The van der Waals surface area contributed by atoms with E-state index in [4.69, 9.17) is 0 Å². The van der Waals surface area contributed by atoms with Gasteiger partial charge in [-0.15, -0.1) is 9.24 Å². The summed E-state index contributed by atoms with van der Waals surface area (Å²) >= 11 is 0. The molecule has 1 heterocycles. The molecule has 0 fully saturated rings. The molecule has 1 aromatic heterocycles. The number of nitrogens with zero attached hydrogens (tertiary/aromatic N) is 3. The van der Waals surface area contributed by atoms with Crippen LogP contribution in [0.1, 0.15) is 25.0 Å². The summed E-state index contributed by atoms with van der Waals surface area (Å²) in [6, 6.07) is 11.7. The normalized spacial score (nSPS) is 10.6. The van der Waals surface area contributed by atoms with Gasteiger partial charge in [0, 0.05) is 29.0 Å². The molecule has 0 saturated carbocycles. The van der Waals surface area contributed by atoms with Gasteiger partial charge in [0.05, 0.1) is 18.3 Å². The molecule has 0 saturated heterocycles. The Morgan fingerprint density at radius 2 is 1.50 bits per heavy atom. The number of hydrogen-bond acceptors (Lipinski definition) is 4. The number of amides is 1. The van der Waals surface area contributed by atoms with Crippen molar-refractivity contribution in [2.45, 2.75) is 27.2 Å². The molecule has 1 amide bonds. The van der Waals surface area contributed by atoms with Crippen molar-refractivity contribution in [2.75, 3.05) is 11.9 Å².